The molecule has 5 fully saturated rings. The van der Waals surface area contributed by atoms with Gasteiger partial charge >= 0.3 is 0 Å². The van der Waals surface area contributed by atoms with Crippen molar-refractivity contribution in [2.45, 2.75) is 51.0 Å². The van der Waals surface area contributed by atoms with Gasteiger partial charge in [0.05, 0.1) is 5.41 Å². The van der Waals surface area contributed by atoms with E-state index >= 15 is 0 Å². The molecule has 0 heterocycles. The normalized spacial score (nSPS) is 45.4. The van der Waals surface area contributed by atoms with Crippen LogP contribution < -0.4 is 16.8 Å². The number of nitrogens with one attached hydrogen (secondary N) is 1. The van der Waals surface area contributed by atoms with Gasteiger partial charge in [0.1, 0.15) is 0 Å². The van der Waals surface area contributed by atoms with Gasteiger partial charge in [-0.25, -0.2) is 0 Å². The minimum absolute atomic E-state index is 0.118. The second-order valence-corrected chi connectivity index (χ2v) is 8.10. The van der Waals surface area contributed by atoms with Gasteiger partial charge in [-0.05, 0) is 62.7 Å². The van der Waals surface area contributed by atoms with Crippen molar-refractivity contribution >= 4 is 11.8 Å². The average molecular weight is 291 g/mol. The smallest absolute Gasteiger partial charge is 0.227 e. The molecule has 0 spiro atoms. The Labute approximate surface area is 125 Å². The Kier molecular flexibility index (Phi) is 2.72. The van der Waals surface area contributed by atoms with Gasteiger partial charge in [-0.15, -0.1) is 0 Å². The summed E-state index contributed by atoms with van der Waals surface area (Å²) >= 11 is 0. The van der Waals surface area contributed by atoms with E-state index in [1.54, 1.807) is 0 Å². The minimum atomic E-state index is -0.282. The maximum Gasteiger partial charge on any atom is 0.227 e. The fourth-order valence-electron chi connectivity index (χ4n) is 5.54. The van der Waals surface area contributed by atoms with Gasteiger partial charge in [-0.3, -0.25) is 9.59 Å². The first-order chi connectivity index (χ1) is 9.98. The summed E-state index contributed by atoms with van der Waals surface area (Å²) in [6, 6.07) is 0.241. The zero-order valence-electron chi connectivity index (χ0n) is 12.4. The van der Waals surface area contributed by atoms with Gasteiger partial charge in [-0.2, -0.15) is 0 Å². The highest BCUT2D eigenvalue weighted by Gasteiger charge is 2.59. The zero-order valence-corrected chi connectivity index (χ0v) is 12.4. The van der Waals surface area contributed by atoms with Crippen LogP contribution >= 0.6 is 0 Å². The first kappa shape index (κ1) is 13.6. The van der Waals surface area contributed by atoms with E-state index in [-0.39, 0.29) is 28.7 Å². The lowest BCUT2D eigenvalue weighted by Crippen LogP contribution is -2.62. The summed E-state index contributed by atoms with van der Waals surface area (Å²) in [5, 5.41) is 3.30. The van der Waals surface area contributed by atoms with E-state index in [0.29, 0.717) is 24.3 Å². The highest BCUT2D eigenvalue weighted by molar-refractivity contribution is 5.86. The van der Waals surface area contributed by atoms with Gasteiger partial charge in [0.2, 0.25) is 11.8 Å². The highest BCUT2D eigenvalue weighted by atomic mass is 16.2. The second kappa shape index (κ2) is 4.22. The van der Waals surface area contributed by atoms with Crippen LogP contribution in [-0.2, 0) is 9.59 Å². The van der Waals surface area contributed by atoms with E-state index in [0.717, 1.165) is 44.9 Å². The fraction of sp³-hybridized carbons (Fsp3) is 0.875. The largest absolute Gasteiger partial charge is 0.369 e. The Bertz CT molecular complexity index is 484. The van der Waals surface area contributed by atoms with Gasteiger partial charge in [0, 0.05) is 18.0 Å². The summed E-state index contributed by atoms with van der Waals surface area (Å²) in [6.45, 7) is 0.453. The summed E-state index contributed by atoms with van der Waals surface area (Å²) in [6.07, 6.45) is 6.85. The molecule has 5 N–H and O–H groups in total. The number of nitrogens with two attached hydrogens (primary N) is 2. The van der Waals surface area contributed by atoms with Crippen LogP contribution in [0.2, 0.25) is 0 Å². The molecular formula is C16H25N3O2. The van der Waals surface area contributed by atoms with Crippen molar-refractivity contribution in [2.24, 2.45) is 40.1 Å². The van der Waals surface area contributed by atoms with Crippen molar-refractivity contribution < 1.29 is 9.59 Å². The summed E-state index contributed by atoms with van der Waals surface area (Å²) < 4.78 is 0. The van der Waals surface area contributed by atoms with E-state index in [2.05, 4.69) is 5.32 Å². The molecule has 5 nitrogen and oxygen atoms in total. The molecule has 0 radical (unpaired) electrons. The molecule has 0 saturated heterocycles. The number of hydrogen-bond donors (Lipinski definition) is 3. The van der Waals surface area contributed by atoms with Crippen molar-refractivity contribution in [3.63, 3.8) is 0 Å². The maximum atomic E-state index is 12.5. The molecule has 5 aliphatic rings. The molecule has 21 heavy (non-hydrogen) atoms. The van der Waals surface area contributed by atoms with E-state index in [9.17, 15) is 9.59 Å². The van der Waals surface area contributed by atoms with Crippen LogP contribution in [0, 0.1) is 28.6 Å². The number of primary amides is 1. The molecule has 2 unspecified atom stereocenters. The molecule has 5 aliphatic carbocycles. The molecule has 2 atom stereocenters. The molecular weight excluding hydrogens is 266 g/mol. The van der Waals surface area contributed by atoms with Crippen LogP contribution in [0.3, 0.4) is 0 Å². The van der Waals surface area contributed by atoms with Crippen LogP contribution in [0.15, 0.2) is 0 Å². The molecule has 5 saturated carbocycles. The van der Waals surface area contributed by atoms with Crippen molar-refractivity contribution in [1.82, 2.24) is 5.32 Å². The summed E-state index contributed by atoms with van der Waals surface area (Å²) in [4.78, 5) is 24.4. The first-order valence-electron chi connectivity index (χ1n) is 8.29. The van der Waals surface area contributed by atoms with Crippen molar-refractivity contribution in [2.75, 3.05) is 6.54 Å². The van der Waals surface area contributed by atoms with E-state index in [1.807, 2.05) is 0 Å². The SMILES string of the molecule is NCC1(C(=O)NC2C3CC4CC2CC(C(N)=O)(C4)C3)CC1. The number of rotatable bonds is 4. The number of hydrogen-bond acceptors (Lipinski definition) is 3. The van der Waals surface area contributed by atoms with Crippen LogP contribution in [0.1, 0.15) is 44.9 Å². The van der Waals surface area contributed by atoms with Gasteiger partial charge in [0.15, 0.2) is 0 Å². The quantitative estimate of drug-likeness (QED) is 0.704. The monoisotopic (exact) mass is 291 g/mol. The lowest BCUT2D eigenvalue weighted by Gasteiger charge is -2.59. The predicted octanol–water partition coefficient (Wildman–Crippen LogP) is 0.522. The Balaban J connectivity index is 1.52. The van der Waals surface area contributed by atoms with Crippen LogP contribution in [-0.4, -0.2) is 24.4 Å². The molecule has 0 aromatic heterocycles. The predicted molar refractivity (Wildman–Crippen MR) is 77.8 cm³/mol. The van der Waals surface area contributed by atoms with Gasteiger partial charge in [-0.1, -0.05) is 0 Å². The van der Waals surface area contributed by atoms with Gasteiger partial charge < -0.3 is 16.8 Å². The third kappa shape index (κ3) is 1.86. The number of amides is 2. The lowest BCUT2D eigenvalue weighted by atomic mass is 9.47. The highest BCUT2D eigenvalue weighted by Crippen LogP contribution is 2.60. The molecule has 0 aliphatic heterocycles. The molecule has 116 valence electrons. The third-order valence-corrected chi connectivity index (χ3v) is 6.82. The Hall–Kier alpha value is -1.10. The number of carbonyl (C=O) groups is 2. The number of carbonyl (C=O) groups excluding carboxylic acids is 2. The van der Waals surface area contributed by atoms with Crippen molar-refractivity contribution in [3.05, 3.63) is 0 Å². The van der Waals surface area contributed by atoms with E-state index in [4.69, 9.17) is 11.5 Å². The van der Waals surface area contributed by atoms with Crippen molar-refractivity contribution in [3.8, 4) is 0 Å². The maximum absolute atomic E-state index is 12.5. The van der Waals surface area contributed by atoms with E-state index in [1.165, 1.54) is 0 Å². The molecule has 4 bridgehead atoms. The van der Waals surface area contributed by atoms with Crippen LogP contribution in [0.25, 0.3) is 0 Å². The lowest BCUT2D eigenvalue weighted by molar-refractivity contribution is -0.148. The van der Waals surface area contributed by atoms with Gasteiger partial charge in [0.25, 0.3) is 0 Å². The molecule has 0 aromatic rings. The zero-order chi connectivity index (χ0) is 14.8. The van der Waals surface area contributed by atoms with Crippen molar-refractivity contribution in [1.29, 1.82) is 0 Å². The minimum Gasteiger partial charge on any atom is -0.369 e. The fourth-order valence-corrected chi connectivity index (χ4v) is 5.54. The third-order valence-electron chi connectivity index (χ3n) is 6.82. The standard InChI is InChI=1S/C16H25N3O2/c17-8-15(1-2-15)14(21)19-12-10-3-9-4-11(12)7-16(5-9,6-10)13(18)20/h9-12H,1-8,17H2,(H2,18,20)(H,19,21). The molecule has 0 aromatic carbocycles. The van der Waals surface area contributed by atoms with Crippen LogP contribution in [0.5, 0.6) is 0 Å². The molecule has 5 heteroatoms. The Morgan fingerprint density at radius 1 is 1.10 bits per heavy atom. The Morgan fingerprint density at radius 2 is 1.71 bits per heavy atom. The average Bonchev–Trinajstić information content (AvgIpc) is 3.23. The first-order valence-corrected chi connectivity index (χ1v) is 8.29. The summed E-state index contributed by atoms with van der Waals surface area (Å²) in [7, 11) is 0. The van der Waals surface area contributed by atoms with Crippen LogP contribution in [0.4, 0.5) is 0 Å². The molecule has 2 amide bonds. The molecule has 5 rings (SSSR count). The topological polar surface area (TPSA) is 98.2 Å². The summed E-state index contributed by atoms with van der Waals surface area (Å²) in [5.74, 6) is 1.53. The van der Waals surface area contributed by atoms with E-state index < -0.39 is 0 Å². The second-order valence-electron chi connectivity index (χ2n) is 8.10. The Morgan fingerprint density at radius 3 is 2.19 bits per heavy atom. The summed E-state index contributed by atoms with van der Waals surface area (Å²) in [5.41, 5.74) is 10.9.